The fourth-order valence-corrected chi connectivity index (χ4v) is 6.44. The maximum absolute atomic E-state index is 13.5. The molecule has 176 valence electrons. The van der Waals surface area contributed by atoms with E-state index in [0.29, 0.717) is 22.3 Å². The maximum atomic E-state index is 13.5. The number of fused-ring (bicyclic) bond motifs is 1. The predicted octanol–water partition coefficient (Wildman–Crippen LogP) is 6.98. The van der Waals surface area contributed by atoms with E-state index in [1.165, 1.54) is 24.2 Å². The van der Waals surface area contributed by atoms with E-state index < -0.39 is 5.97 Å². The van der Waals surface area contributed by atoms with Gasteiger partial charge in [0.25, 0.3) is 5.91 Å². The number of nitrogens with one attached hydrogen (secondary N) is 1. The molecule has 1 aromatic carbocycles. The number of rotatable bonds is 7. The monoisotopic (exact) mass is 494 g/mol. The second-order valence-corrected chi connectivity index (χ2v) is 10.1. The molecule has 1 amide bonds. The van der Waals surface area contributed by atoms with Gasteiger partial charge in [-0.1, -0.05) is 25.0 Å². The van der Waals surface area contributed by atoms with Crippen molar-refractivity contribution in [2.45, 2.75) is 38.6 Å². The topological polar surface area (TPSA) is 69.6 Å². The summed E-state index contributed by atoms with van der Waals surface area (Å²) in [6, 6.07) is 11.9. The summed E-state index contributed by atoms with van der Waals surface area (Å²) in [4.78, 5) is 26.5. The molecule has 4 aromatic rings. The summed E-state index contributed by atoms with van der Waals surface area (Å²) in [6.45, 7) is 2.03. The van der Waals surface area contributed by atoms with E-state index in [2.05, 4.69) is 21.3 Å². The number of anilines is 1. The van der Waals surface area contributed by atoms with Crippen LogP contribution < -0.4 is 10.1 Å². The SMILES string of the molecule is CCOC(=O)c1c(-c2ccc(OC)cc2)csc1NC(=O)c1cc2sccc2n1C1CCCC1. The van der Waals surface area contributed by atoms with Crippen molar-refractivity contribution in [1.82, 2.24) is 4.57 Å². The van der Waals surface area contributed by atoms with Crippen LogP contribution in [0, 0.1) is 0 Å². The zero-order valence-corrected chi connectivity index (χ0v) is 20.8. The third-order valence-electron chi connectivity index (χ3n) is 6.28. The summed E-state index contributed by atoms with van der Waals surface area (Å²) >= 11 is 2.98. The molecule has 0 atom stereocenters. The second kappa shape index (κ2) is 9.64. The molecule has 3 aromatic heterocycles. The van der Waals surface area contributed by atoms with Crippen molar-refractivity contribution in [3.05, 3.63) is 58.4 Å². The fraction of sp³-hybridized carbons (Fsp3) is 0.308. The third kappa shape index (κ3) is 4.12. The van der Waals surface area contributed by atoms with Gasteiger partial charge in [0.15, 0.2) is 0 Å². The Kier molecular flexibility index (Phi) is 6.43. The van der Waals surface area contributed by atoms with Crippen LogP contribution in [-0.4, -0.2) is 30.2 Å². The van der Waals surface area contributed by atoms with Crippen LogP contribution in [0.4, 0.5) is 5.00 Å². The highest BCUT2D eigenvalue weighted by Gasteiger charge is 2.27. The van der Waals surface area contributed by atoms with Gasteiger partial charge < -0.3 is 19.4 Å². The smallest absolute Gasteiger partial charge is 0.341 e. The van der Waals surface area contributed by atoms with Crippen molar-refractivity contribution >= 4 is 49.8 Å². The van der Waals surface area contributed by atoms with E-state index in [1.54, 1.807) is 25.4 Å². The fourth-order valence-electron chi connectivity index (χ4n) is 4.68. The number of nitrogens with zero attached hydrogens (tertiary/aromatic N) is 1. The van der Waals surface area contributed by atoms with Gasteiger partial charge in [0.1, 0.15) is 22.0 Å². The Labute approximate surface area is 206 Å². The standard InChI is InChI=1S/C26H26N2O4S2/c1-3-32-26(30)23-19(16-8-10-18(31-2)11-9-16)15-34-25(23)27-24(29)21-14-22-20(12-13-33-22)28(21)17-6-4-5-7-17/h8-15,17H,3-7H2,1-2H3,(H,27,29). The molecule has 0 radical (unpaired) electrons. The first kappa shape index (κ1) is 22.7. The molecule has 1 aliphatic carbocycles. The minimum absolute atomic E-state index is 0.205. The summed E-state index contributed by atoms with van der Waals surface area (Å²) < 4.78 is 13.9. The third-order valence-corrected chi connectivity index (χ3v) is 8.03. The number of thiophene rings is 2. The van der Waals surface area contributed by atoms with E-state index in [0.717, 1.165) is 39.9 Å². The lowest BCUT2D eigenvalue weighted by Gasteiger charge is -2.17. The van der Waals surface area contributed by atoms with Gasteiger partial charge >= 0.3 is 5.97 Å². The van der Waals surface area contributed by atoms with Crippen molar-refractivity contribution in [1.29, 1.82) is 0 Å². The lowest BCUT2D eigenvalue weighted by Crippen LogP contribution is -2.20. The molecular weight excluding hydrogens is 468 g/mol. The first-order valence-corrected chi connectivity index (χ1v) is 13.2. The maximum Gasteiger partial charge on any atom is 0.341 e. The van der Waals surface area contributed by atoms with Crippen molar-refractivity contribution < 1.29 is 19.1 Å². The average molecular weight is 495 g/mol. The Hall–Kier alpha value is -3.10. The first-order valence-electron chi connectivity index (χ1n) is 11.4. The normalized spacial score (nSPS) is 13.9. The number of carbonyl (C=O) groups is 2. The number of aromatic nitrogens is 1. The van der Waals surface area contributed by atoms with Gasteiger partial charge in [0.2, 0.25) is 0 Å². The van der Waals surface area contributed by atoms with Crippen LogP contribution in [0.3, 0.4) is 0 Å². The minimum Gasteiger partial charge on any atom is -0.497 e. The molecule has 0 spiro atoms. The molecule has 0 bridgehead atoms. The van der Waals surface area contributed by atoms with Gasteiger partial charge in [-0.3, -0.25) is 4.79 Å². The number of hydrogen-bond donors (Lipinski definition) is 1. The lowest BCUT2D eigenvalue weighted by molar-refractivity contribution is 0.0529. The van der Waals surface area contributed by atoms with Crippen molar-refractivity contribution in [3.63, 3.8) is 0 Å². The highest BCUT2D eigenvalue weighted by atomic mass is 32.1. The van der Waals surface area contributed by atoms with Gasteiger partial charge in [0.05, 0.1) is 23.9 Å². The molecule has 8 heteroatoms. The Morgan fingerprint density at radius 3 is 2.59 bits per heavy atom. The van der Waals surface area contributed by atoms with Crippen LogP contribution in [0.15, 0.2) is 47.2 Å². The largest absolute Gasteiger partial charge is 0.497 e. The Morgan fingerprint density at radius 2 is 1.88 bits per heavy atom. The van der Waals surface area contributed by atoms with Crippen LogP contribution in [0.5, 0.6) is 5.75 Å². The van der Waals surface area contributed by atoms with Crippen molar-refractivity contribution in [2.75, 3.05) is 19.0 Å². The number of carbonyl (C=O) groups excluding carboxylic acids is 2. The molecule has 1 saturated carbocycles. The van der Waals surface area contributed by atoms with Gasteiger partial charge in [-0.15, -0.1) is 22.7 Å². The van der Waals surface area contributed by atoms with Crippen LogP contribution in [0.2, 0.25) is 0 Å². The van der Waals surface area contributed by atoms with Crippen molar-refractivity contribution in [3.8, 4) is 16.9 Å². The van der Waals surface area contributed by atoms with E-state index >= 15 is 0 Å². The number of methoxy groups -OCH3 is 1. The predicted molar refractivity (Wildman–Crippen MR) is 138 cm³/mol. The van der Waals surface area contributed by atoms with E-state index in [1.807, 2.05) is 35.7 Å². The Balaban J connectivity index is 1.51. The molecule has 0 aliphatic heterocycles. The molecule has 0 unspecified atom stereocenters. The summed E-state index contributed by atoms with van der Waals surface area (Å²) in [6.07, 6.45) is 4.51. The van der Waals surface area contributed by atoms with Crippen molar-refractivity contribution in [2.24, 2.45) is 0 Å². The average Bonchev–Trinajstić information content (AvgIpc) is 3.62. The number of amides is 1. The first-order chi connectivity index (χ1) is 16.6. The minimum atomic E-state index is -0.447. The Morgan fingerprint density at radius 1 is 1.12 bits per heavy atom. The molecule has 6 nitrogen and oxygen atoms in total. The molecule has 34 heavy (non-hydrogen) atoms. The summed E-state index contributed by atoms with van der Waals surface area (Å²) in [5, 5.41) is 7.48. The summed E-state index contributed by atoms with van der Waals surface area (Å²) in [7, 11) is 1.61. The molecule has 1 aliphatic rings. The van der Waals surface area contributed by atoms with Crippen LogP contribution in [-0.2, 0) is 4.74 Å². The van der Waals surface area contributed by atoms with Gasteiger partial charge in [-0.2, -0.15) is 0 Å². The van der Waals surface area contributed by atoms with Gasteiger partial charge in [-0.05, 0) is 55.0 Å². The molecular formula is C26H26N2O4S2. The summed E-state index contributed by atoms with van der Waals surface area (Å²) in [5.41, 5.74) is 3.72. The zero-order chi connectivity index (χ0) is 23.7. The summed E-state index contributed by atoms with van der Waals surface area (Å²) in [5.74, 6) is 0.0823. The highest BCUT2D eigenvalue weighted by molar-refractivity contribution is 7.17. The van der Waals surface area contributed by atoms with Crippen LogP contribution >= 0.6 is 22.7 Å². The molecule has 3 heterocycles. The van der Waals surface area contributed by atoms with Crippen LogP contribution in [0.1, 0.15) is 59.5 Å². The van der Waals surface area contributed by atoms with E-state index in [4.69, 9.17) is 9.47 Å². The molecule has 0 saturated heterocycles. The van der Waals surface area contributed by atoms with E-state index in [9.17, 15) is 9.59 Å². The van der Waals surface area contributed by atoms with Gasteiger partial charge in [-0.25, -0.2) is 4.79 Å². The number of ether oxygens (including phenoxy) is 2. The molecule has 1 fully saturated rings. The zero-order valence-electron chi connectivity index (χ0n) is 19.1. The van der Waals surface area contributed by atoms with Gasteiger partial charge in [0, 0.05) is 17.0 Å². The number of esters is 1. The number of hydrogen-bond acceptors (Lipinski definition) is 6. The highest BCUT2D eigenvalue weighted by Crippen LogP contribution is 2.39. The van der Waals surface area contributed by atoms with E-state index in [-0.39, 0.29) is 12.5 Å². The lowest BCUT2D eigenvalue weighted by atomic mass is 10.0. The second-order valence-electron chi connectivity index (χ2n) is 8.26. The quantitative estimate of drug-likeness (QED) is 0.281. The number of benzene rings is 1. The molecule has 5 rings (SSSR count). The molecule has 1 N–H and O–H groups in total. The van der Waals surface area contributed by atoms with Crippen LogP contribution in [0.25, 0.3) is 21.3 Å². The Bertz CT molecular complexity index is 1330.